The van der Waals surface area contributed by atoms with Crippen LogP contribution in [0, 0.1) is 0 Å². The molecule has 4 nitrogen and oxygen atoms in total. The predicted octanol–water partition coefficient (Wildman–Crippen LogP) is 3.35. The lowest BCUT2D eigenvalue weighted by Gasteiger charge is -2.05. The third-order valence-corrected chi connectivity index (χ3v) is 3.72. The number of carbonyl (C=O) groups is 1. The molecule has 0 saturated carbocycles. The molecule has 0 fully saturated rings. The van der Waals surface area contributed by atoms with Gasteiger partial charge in [0.25, 0.3) is 0 Å². The number of imidazole rings is 1. The number of aromatic nitrogens is 2. The third-order valence-electron chi connectivity index (χ3n) is 3.05. The predicted molar refractivity (Wildman–Crippen MR) is 75.3 cm³/mol. The molecule has 0 aliphatic rings. The van der Waals surface area contributed by atoms with Crippen molar-refractivity contribution in [3.63, 3.8) is 0 Å². The number of hydrogen-bond acceptors (Lipinski definition) is 3. The second kappa shape index (κ2) is 4.51. The van der Waals surface area contributed by atoms with Crippen LogP contribution in [0.15, 0.2) is 35.0 Å². The summed E-state index contributed by atoms with van der Waals surface area (Å²) in [5, 5.41) is 13.1. The first-order valence-corrected chi connectivity index (χ1v) is 6.92. The number of benzene rings is 1. The highest BCUT2D eigenvalue weighted by Gasteiger charge is 2.13. The SMILES string of the molecule is CCc1nc2ccc(C(=O)O)cc2n1-c1ccsc1. The van der Waals surface area contributed by atoms with Gasteiger partial charge in [-0.2, -0.15) is 11.3 Å². The van der Waals surface area contributed by atoms with Crippen LogP contribution in [0.1, 0.15) is 23.1 Å². The molecule has 1 N–H and O–H groups in total. The van der Waals surface area contributed by atoms with E-state index in [-0.39, 0.29) is 5.56 Å². The molecule has 0 radical (unpaired) electrons. The van der Waals surface area contributed by atoms with Crippen LogP contribution in [0.3, 0.4) is 0 Å². The van der Waals surface area contributed by atoms with E-state index in [2.05, 4.69) is 4.98 Å². The van der Waals surface area contributed by atoms with Crippen molar-refractivity contribution in [2.24, 2.45) is 0 Å². The Balaban J connectivity index is 2.33. The minimum atomic E-state index is -0.919. The van der Waals surface area contributed by atoms with E-state index in [1.807, 2.05) is 28.3 Å². The first kappa shape index (κ1) is 11.9. The minimum Gasteiger partial charge on any atom is -0.478 e. The van der Waals surface area contributed by atoms with Gasteiger partial charge >= 0.3 is 5.97 Å². The van der Waals surface area contributed by atoms with Crippen LogP contribution in [-0.4, -0.2) is 20.6 Å². The smallest absolute Gasteiger partial charge is 0.335 e. The molecule has 0 amide bonds. The van der Waals surface area contributed by atoms with Gasteiger partial charge in [0.2, 0.25) is 0 Å². The molecule has 96 valence electrons. The number of fused-ring (bicyclic) bond motifs is 1. The van der Waals surface area contributed by atoms with Gasteiger partial charge in [-0.05, 0) is 29.6 Å². The fraction of sp³-hybridized carbons (Fsp3) is 0.143. The normalized spacial score (nSPS) is 11.0. The summed E-state index contributed by atoms with van der Waals surface area (Å²) >= 11 is 1.61. The maximum atomic E-state index is 11.1. The Hall–Kier alpha value is -2.14. The van der Waals surface area contributed by atoms with Crippen molar-refractivity contribution in [3.05, 3.63) is 46.4 Å². The second-order valence-corrected chi connectivity index (χ2v) is 4.99. The zero-order valence-corrected chi connectivity index (χ0v) is 11.1. The minimum absolute atomic E-state index is 0.284. The van der Waals surface area contributed by atoms with Crippen molar-refractivity contribution in [1.29, 1.82) is 0 Å². The fourth-order valence-electron chi connectivity index (χ4n) is 2.17. The number of carboxylic acid groups (broad SMARTS) is 1. The third kappa shape index (κ3) is 1.92. The van der Waals surface area contributed by atoms with Gasteiger partial charge in [-0.1, -0.05) is 6.92 Å². The van der Waals surface area contributed by atoms with E-state index in [9.17, 15) is 4.79 Å². The van der Waals surface area contributed by atoms with E-state index in [1.165, 1.54) is 0 Å². The Bertz CT molecular complexity index is 744. The number of thiophene rings is 1. The molecular weight excluding hydrogens is 260 g/mol. The highest BCUT2D eigenvalue weighted by molar-refractivity contribution is 7.08. The second-order valence-electron chi connectivity index (χ2n) is 4.21. The fourth-order valence-corrected chi connectivity index (χ4v) is 2.79. The molecule has 2 heterocycles. The van der Waals surface area contributed by atoms with Crippen molar-refractivity contribution in [2.45, 2.75) is 13.3 Å². The summed E-state index contributed by atoms with van der Waals surface area (Å²) in [6.45, 7) is 2.04. The number of rotatable bonds is 3. The van der Waals surface area contributed by atoms with Crippen molar-refractivity contribution >= 4 is 28.3 Å². The summed E-state index contributed by atoms with van der Waals surface area (Å²) in [5.41, 5.74) is 2.99. The molecule has 0 atom stereocenters. The molecule has 0 aliphatic carbocycles. The summed E-state index contributed by atoms with van der Waals surface area (Å²) in [5.74, 6) is 0.0222. The van der Waals surface area contributed by atoms with Gasteiger partial charge < -0.3 is 5.11 Å². The van der Waals surface area contributed by atoms with Gasteiger partial charge in [-0.15, -0.1) is 0 Å². The lowest BCUT2D eigenvalue weighted by molar-refractivity contribution is 0.0697. The van der Waals surface area contributed by atoms with Crippen LogP contribution in [0.25, 0.3) is 16.7 Å². The highest BCUT2D eigenvalue weighted by Crippen LogP contribution is 2.24. The molecule has 0 spiro atoms. The molecule has 2 aromatic heterocycles. The molecule has 0 saturated heterocycles. The van der Waals surface area contributed by atoms with Crippen LogP contribution in [0.5, 0.6) is 0 Å². The number of aromatic carboxylic acids is 1. The zero-order chi connectivity index (χ0) is 13.4. The summed E-state index contributed by atoms with van der Waals surface area (Å²) in [6, 6.07) is 7.05. The summed E-state index contributed by atoms with van der Waals surface area (Å²) in [6.07, 6.45) is 0.799. The van der Waals surface area contributed by atoms with Crippen molar-refractivity contribution in [1.82, 2.24) is 9.55 Å². The molecular formula is C14H12N2O2S. The van der Waals surface area contributed by atoms with Crippen LogP contribution in [-0.2, 0) is 6.42 Å². The molecule has 3 aromatic rings. The van der Waals surface area contributed by atoms with E-state index < -0.39 is 5.97 Å². The lowest BCUT2D eigenvalue weighted by atomic mass is 10.2. The Kier molecular flexibility index (Phi) is 2.83. The summed E-state index contributed by atoms with van der Waals surface area (Å²) in [4.78, 5) is 15.7. The van der Waals surface area contributed by atoms with Gasteiger partial charge in [0.1, 0.15) is 5.82 Å². The highest BCUT2D eigenvalue weighted by atomic mass is 32.1. The van der Waals surface area contributed by atoms with E-state index in [0.717, 1.165) is 29.0 Å². The Labute approximate surface area is 113 Å². The van der Waals surface area contributed by atoms with Gasteiger partial charge in [-0.3, -0.25) is 4.57 Å². The molecule has 19 heavy (non-hydrogen) atoms. The number of aryl methyl sites for hydroxylation is 1. The number of hydrogen-bond donors (Lipinski definition) is 1. The Morgan fingerprint density at radius 3 is 2.89 bits per heavy atom. The topological polar surface area (TPSA) is 55.1 Å². The van der Waals surface area contributed by atoms with Crippen LogP contribution >= 0.6 is 11.3 Å². The molecule has 1 aromatic carbocycles. The van der Waals surface area contributed by atoms with E-state index in [4.69, 9.17) is 5.11 Å². The van der Waals surface area contributed by atoms with Gasteiger partial charge in [0, 0.05) is 11.8 Å². The van der Waals surface area contributed by atoms with E-state index in [0.29, 0.717) is 0 Å². The number of nitrogens with zero attached hydrogens (tertiary/aromatic N) is 2. The number of carboxylic acids is 1. The molecule has 0 aliphatic heterocycles. The summed E-state index contributed by atoms with van der Waals surface area (Å²) in [7, 11) is 0. The summed E-state index contributed by atoms with van der Waals surface area (Å²) < 4.78 is 2.03. The quantitative estimate of drug-likeness (QED) is 0.795. The zero-order valence-electron chi connectivity index (χ0n) is 10.3. The van der Waals surface area contributed by atoms with Crippen LogP contribution in [0.2, 0.25) is 0 Å². The first-order chi connectivity index (χ1) is 9.20. The molecule has 0 bridgehead atoms. The average Bonchev–Trinajstić information content (AvgIpc) is 3.03. The largest absolute Gasteiger partial charge is 0.478 e. The van der Waals surface area contributed by atoms with Crippen molar-refractivity contribution < 1.29 is 9.90 Å². The Morgan fingerprint density at radius 2 is 2.26 bits per heavy atom. The van der Waals surface area contributed by atoms with E-state index in [1.54, 1.807) is 29.5 Å². The molecule has 3 rings (SSSR count). The van der Waals surface area contributed by atoms with Crippen LogP contribution < -0.4 is 0 Å². The average molecular weight is 272 g/mol. The lowest BCUT2D eigenvalue weighted by Crippen LogP contribution is -2.00. The Morgan fingerprint density at radius 1 is 1.42 bits per heavy atom. The maximum Gasteiger partial charge on any atom is 0.335 e. The maximum absolute atomic E-state index is 11.1. The first-order valence-electron chi connectivity index (χ1n) is 5.98. The standard InChI is InChI=1S/C14H12N2O2S/c1-2-13-15-11-4-3-9(14(17)18)7-12(11)16(13)10-5-6-19-8-10/h3-8H,2H2,1H3,(H,17,18). The van der Waals surface area contributed by atoms with Gasteiger partial charge in [-0.25, -0.2) is 9.78 Å². The van der Waals surface area contributed by atoms with Crippen molar-refractivity contribution in [3.8, 4) is 5.69 Å². The van der Waals surface area contributed by atoms with Crippen molar-refractivity contribution in [2.75, 3.05) is 0 Å². The van der Waals surface area contributed by atoms with E-state index >= 15 is 0 Å². The monoisotopic (exact) mass is 272 g/mol. The molecule has 0 unspecified atom stereocenters. The van der Waals surface area contributed by atoms with Crippen LogP contribution in [0.4, 0.5) is 0 Å². The van der Waals surface area contributed by atoms with Gasteiger partial charge in [0.15, 0.2) is 0 Å². The van der Waals surface area contributed by atoms with Gasteiger partial charge in [0.05, 0.1) is 22.3 Å². The molecule has 5 heteroatoms.